The van der Waals surface area contributed by atoms with Crippen molar-refractivity contribution in [1.82, 2.24) is 10.6 Å². The van der Waals surface area contributed by atoms with Crippen LogP contribution in [0.1, 0.15) is 48.9 Å². The van der Waals surface area contributed by atoms with Crippen LogP contribution in [0.3, 0.4) is 0 Å². The SMILES string of the molecule is O=C(NCCNC1CCCCCC1)c1c(F)cccc1Br. The van der Waals surface area contributed by atoms with Crippen LogP contribution in [-0.4, -0.2) is 25.0 Å². The zero-order valence-corrected chi connectivity index (χ0v) is 13.7. The Hall–Kier alpha value is -0.940. The maximum atomic E-state index is 13.6. The molecule has 0 aromatic heterocycles. The lowest BCUT2D eigenvalue weighted by atomic mass is 10.1. The predicted octanol–water partition coefficient (Wildman–Crippen LogP) is 3.63. The number of halogens is 2. The van der Waals surface area contributed by atoms with Crippen LogP contribution in [0.2, 0.25) is 0 Å². The van der Waals surface area contributed by atoms with Gasteiger partial charge in [0, 0.05) is 23.6 Å². The van der Waals surface area contributed by atoms with Crippen LogP contribution in [0.15, 0.2) is 22.7 Å². The monoisotopic (exact) mass is 356 g/mol. The second-order valence-corrected chi connectivity index (χ2v) is 6.35. The van der Waals surface area contributed by atoms with Gasteiger partial charge in [-0.2, -0.15) is 0 Å². The highest BCUT2D eigenvalue weighted by Crippen LogP contribution is 2.19. The lowest BCUT2D eigenvalue weighted by Crippen LogP contribution is -2.37. The van der Waals surface area contributed by atoms with Crippen LogP contribution in [0.4, 0.5) is 4.39 Å². The molecule has 116 valence electrons. The number of hydrogen-bond acceptors (Lipinski definition) is 2. The summed E-state index contributed by atoms with van der Waals surface area (Å²) in [5, 5.41) is 6.24. The van der Waals surface area contributed by atoms with Gasteiger partial charge in [-0.15, -0.1) is 0 Å². The van der Waals surface area contributed by atoms with Crippen LogP contribution in [0.5, 0.6) is 0 Å². The Kier molecular flexibility index (Phi) is 6.64. The Bertz CT molecular complexity index is 453. The molecule has 0 radical (unpaired) electrons. The number of rotatable bonds is 5. The molecule has 1 aliphatic carbocycles. The van der Waals surface area contributed by atoms with Crippen molar-refractivity contribution in [3.63, 3.8) is 0 Å². The molecule has 0 spiro atoms. The molecule has 0 heterocycles. The minimum atomic E-state index is -0.501. The first kappa shape index (κ1) is 16.4. The molecule has 0 aliphatic heterocycles. The molecule has 5 heteroatoms. The van der Waals surface area contributed by atoms with E-state index in [-0.39, 0.29) is 11.5 Å². The fraction of sp³-hybridized carbons (Fsp3) is 0.562. The molecule has 2 rings (SSSR count). The van der Waals surface area contributed by atoms with Gasteiger partial charge < -0.3 is 10.6 Å². The third-order valence-corrected chi connectivity index (χ3v) is 4.55. The quantitative estimate of drug-likeness (QED) is 0.624. The maximum Gasteiger partial charge on any atom is 0.255 e. The fourth-order valence-corrected chi connectivity index (χ4v) is 3.26. The summed E-state index contributed by atoms with van der Waals surface area (Å²) in [6.45, 7) is 1.23. The van der Waals surface area contributed by atoms with Gasteiger partial charge in [0.1, 0.15) is 5.82 Å². The Labute approximate surface area is 133 Å². The Morgan fingerprint density at radius 3 is 2.57 bits per heavy atom. The van der Waals surface area contributed by atoms with Crippen molar-refractivity contribution in [2.24, 2.45) is 0 Å². The Balaban J connectivity index is 1.74. The summed E-state index contributed by atoms with van der Waals surface area (Å²) in [6.07, 6.45) is 7.66. The minimum Gasteiger partial charge on any atom is -0.351 e. The highest BCUT2D eigenvalue weighted by molar-refractivity contribution is 9.10. The van der Waals surface area contributed by atoms with Crippen LogP contribution < -0.4 is 10.6 Å². The first-order valence-electron chi connectivity index (χ1n) is 7.64. The van der Waals surface area contributed by atoms with Crippen molar-refractivity contribution >= 4 is 21.8 Å². The summed E-state index contributed by atoms with van der Waals surface area (Å²) in [4.78, 5) is 12.0. The lowest BCUT2D eigenvalue weighted by molar-refractivity contribution is 0.0948. The number of hydrogen-bond donors (Lipinski definition) is 2. The van der Waals surface area contributed by atoms with E-state index in [1.807, 2.05) is 0 Å². The molecule has 0 unspecified atom stereocenters. The standard InChI is InChI=1S/C16H22BrFN2O/c17-13-8-5-9-14(18)15(13)16(21)20-11-10-19-12-6-3-1-2-4-7-12/h5,8-9,12,19H,1-4,6-7,10-11H2,(H,20,21). The maximum absolute atomic E-state index is 13.6. The van der Waals surface area contributed by atoms with Crippen molar-refractivity contribution < 1.29 is 9.18 Å². The molecular weight excluding hydrogens is 335 g/mol. The van der Waals surface area contributed by atoms with Crippen molar-refractivity contribution in [2.75, 3.05) is 13.1 Å². The average molecular weight is 357 g/mol. The van der Waals surface area contributed by atoms with Gasteiger partial charge in [0.2, 0.25) is 0 Å². The van der Waals surface area contributed by atoms with E-state index in [1.54, 1.807) is 12.1 Å². The summed E-state index contributed by atoms with van der Waals surface area (Å²) in [6, 6.07) is 5.10. The van der Waals surface area contributed by atoms with Gasteiger partial charge in [0.05, 0.1) is 5.56 Å². The molecule has 21 heavy (non-hydrogen) atoms. The molecule has 1 amide bonds. The van der Waals surface area contributed by atoms with E-state index >= 15 is 0 Å². The molecule has 1 aromatic rings. The molecule has 0 saturated heterocycles. The van der Waals surface area contributed by atoms with E-state index in [0.29, 0.717) is 17.1 Å². The molecule has 0 bridgehead atoms. The van der Waals surface area contributed by atoms with E-state index in [9.17, 15) is 9.18 Å². The molecule has 0 atom stereocenters. The number of nitrogens with one attached hydrogen (secondary N) is 2. The molecule has 3 nitrogen and oxygen atoms in total. The van der Waals surface area contributed by atoms with E-state index in [4.69, 9.17) is 0 Å². The van der Waals surface area contributed by atoms with E-state index in [1.165, 1.54) is 44.6 Å². The van der Waals surface area contributed by atoms with Gasteiger partial charge in [-0.25, -0.2) is 4.39 Å². The van der Waals surface area contributed by atoms with Gasteiger partial charge in [0.25, 0.3) is 5.91 Å². The zero-order chi connectivity index (χ0) is 15.1. The molecule has 2 N–H and O–H groups in total. The van der Waals surface area contributed by atoms with Crippen molar-refractivity contribution in [2.45, 2.75) is 44.6 Å². The number of carbonyl (C=O) groups excluding carboxylic acids is 1. The summed E-state index contributed by atoms with van der Waals surface area (Å²) in [5.41, 5.74) is 0.0759. The van der Waals surface area contributed by atoms with Gasteiger partial charge in [0.15, 0.2) is 0 Å². The van der Waals surface area contributed by atoms with Crippen LogP contribution in [0.25, 0.3) is 0 Å². The van der Waals surface area contributed by atoms with Crippen LogP contribution >= 0.6 is 15.9 Å². The minimum absolute atomic E-state index is 0.0759. The first-order valence-corrected chi connectivity index (χ1v) is 8.43. The highest BCUT2D eigenvalue weighted by Gasteiger charge is 2.15. The molecule has 1 aromatic carbocycles. The van der Waals surface area contributed by atoms with E-state index in [2.05, 4.69) is 26.6 Å². The van der Waals surface area contributed by atoms with Crippen molar-refractivity contribution in [3.05, 3.63) is 34.1 Å². The smallest absolute Gasteiger partial charge is 0.255 e. The molecule has 1 saturated carbocycles. The summed E-state index contributed by atoms with van der Waals surface area (Å²) >= 11 is 3.21. The zero-order valence-electron chi connectivity index (χ0n) is 12.1. The fourth-order valence-electron chi connectivity index (χ4n) is 2.74. The molecule has 1 fully saturated rings. The topological polar surface area (TPSA) is 41.1 Å². The average Bonchev–Trinajstić information content (AvgIpc) is 2.72. The third-order valence-electron chi connectivity index (χ3n) is 3.89. The Morgan fingerprint density at radius 2 is 1.90 bits per heavy atom. The van der Waals surface area contributed by atoms with Crippen molar-refractivity contribution in [1.29, 1.82) is 0 Å². The third kappa shape index (κ3) is 5.08. The van der Waals surface area contributed by atoms with E-state index in [0.717, 1.165) is 6.54 Å². The first-order chi connectivity index (χ1) is 10.2. The Morgan fingerprint density at radius 1 is 1.19 bits per heavy atom. The van der Waals surface area contributed by atoms with Crippen LogP contribution in [0, 0.1) is 5.82 Å². The number of benzene rings is 1. The van der Waals surface area contributed by atoms with Crippen LogP contribution in [-0.2, 0) is 0 Å². The largest absolute Gasteiger partial charge is 0.351 e. The second kappa shape index (κ2) is 8.49. The normalized spacial score (nSPS) is 16.5. The number of amides is 1. The second-order valence-electron chi connectivity index (χ2n) is 5.50. The van der Waals surface area contributed by atoms with Gasteiger partial charge >= 0.3 is 0 Å². The summed E-state index contributed by atoms with van der Waals surface area (Å²) in [5.74, 6) is -0.874. The van der Waals surface area contributed by atoms with E-state index < -0.39 is 5.82 Å². The van der Waals surface area contributed by atoms with Gasteiger partial charge in [-0.3, -0.25) is 4.79 Å². The van der Waals surface area contributed by atoms with Gasteiger partial charge in [-0.05, 0) is 40.9 Å². The van der Waals surface area contributed by atoms with Gasteiger partial charge in [-0.1, -0.05) is 31.7 Å². The molecule has 1 aliphatic rings. The highest BCUT2D eigenvalue weighted by atomic mass is 79.9. The van der Waals surface area contributed by atoms with Crippen molar-refractivity contribution in [3.8, 4) is 0 Å². The lowest BCUT2D eigenvalue weighted by Gasteiger charge is -2.16. The number of carbonyl (C=O) groups is 1. The molecular formula is C16H22BrFN2O. The summed E-state index contributed by atoms with van der Waals surface area (Å²) < 4.78 is 14.1. The summed E-state index contributed by atoms with van der Waals surface area (Å²) in [7, 11) is 0. The predicted molar refractivity (Wildman–Crippen MR) is 85.9 cm³/mol.